The second kappa shape index (κ2) is 14.7. The topological polar surface area (TPSA) is 96.0 Å². The first-order chi connectivity index (χ1) is 20.6. The maximum Gasteiger partial charge on any atom is 0.264 e. The molecule has 3 aromatic carbocycles. The number of anilines is 1. The summed E-state index contributed by atoms with van der Waals surface area (Å²) < 4.78 is 47.9. The van der Waals surface area contributed by atoms with Crippen molar-refractivity contribution in [3.63, 3.8) is 0 Å². The average molecular weight is 630 g/mol. The number of nitrogens with one attached hydrogen (secondary N) is 1. The average Bonchev–Trinajstić information content (AvgIpc) is 3.00. The molecule has 4 rings (SSSR count). The van der Waals surface area contributed by atoms with Crippen LogP contribution in [-0.2, 0) is 26.2 Å². The van der Waals surface area contributed by atoms with Crippen molar-refractivity contribution >= 4 is 39.1 Å². The van der Waals surface area contributed by atoms with Crippen LogP contribution < -0.4 is 14.4 Å². The maximum atomic E-state index is 14.1. The Hall–Kier alpha value is -3.63. The zero-order valence-corrected chi connectivity index (χ0v) is 25.9. The quantitative estimate of drug-likeness (QED) is 0.268. The van der Waals surface area contributed by atoms with Crippen molar-refractivity contribution < 1.29 is 27.1 Å². The molecule has 0 aromatic heterocycles. The molecule has 0 bridgehead atoms. The molecule has 230 valence electrons. The van der Waals surface area contributed by atoms with Gasteiger partial charge in [-0.3, -0.25) is 13.9 Å². The number of hydrogen-bond acceptors (Lipinski definition) is 5. The fraction of sp³-hybridized carbons (Fsp3) is 0.375. The molecule has 0 radical (unpaired) electrons. The second-order valence-electron chi connectivity index (χ2n) is 10.5. The molecule has 0 aliphatic heterocycles. The van der Waals surface area contributed by atoms with Gasteiger partial charge in [-0.2, -0.15) is 0 Å². The summed E-state index contributed by atoms with van der Waals surface area (Å²) >= 11 is 6.43. The smallest absolute Gasteiger partial charge is 0.264 e. The minimum absolute atomic E-state index is 0.00846. The molecule has 2 amide bonds. The summed E-state index contributed by atoms with van der Waals surface area (Å²) in [7, 11) is -4.32. The first-order valence-electron chi connectivity index (χ1n) is 14.4. The van der Waals surface area contributed by atoms with E-state index in [-0.39, 0.29) is 29.1 Å². The van der Waals surface area contributed by atoms with Crippen LogP contribution in [0.5, 0.6) is 5.75 Å². The molecule has 1 unspecified atom stereocenters. The number of carbonyl (C=O) groups is 2. The van der Waals surface area contributed by atoms with Gasteiger partial charge in [0.15, 0.2) is 0 Å². The zero-order valence-electron chi connectivity index (χ0n) is 24.3. The summed E-state index contributed by atoms with van der Waals surface area (Å²) in [4.78, 5) is 28.7. The molecule has 1 atom stereocenters. The highest BCUT2D eigenvalue weighted by Crippen LogP contribution is 2.27. The van der Waals surface area contributed by atoms with Gasteiger partial charge < -0.3 is 15.0 Å². The highest BCUT2D eigenvalue weighted by Gasteiger charge is 2.33. The van der Waals surface area contributed by atoms with Crippen molar-refractivity contribution in [1.29, 1.82) is 0 Å². The van der Waals surface area contributed by atoms with Crippen LogP contribution in [-0.4, -0.2) is 50.4 Å². The number of nitrogens with zero attached hydrogens (tertiary/aromatic N) is 2. The van der Waals surface area contributed by atoms with Crippen molar-refractivity contribution in [2.24, 2.45) is 0 Å². The van der Waals surface area contributed by atoms with Crippen LogP contribution in [0.3, 0.4) is 0 Å². The Kier molecular flexibility index (Phi) is 11.0. The number of sulfonamides is 1. The number of amides is 2. The highest BCUT2D eigenvalue weighted by atomic mass is 35.5. The second-order valence-corrected chi connectivity index (χ2v) is 12.8. The summed E-state index contributed by atoms with van der Waals surface area (Å²) in [6.45, 7) is 3.26. The molecule has 1 N–H and O–H groups in total. The Morgan fingerprint density at radius 2 is 1.65 bits per heavy atom. The van der Waals surface area contributed by atoms with E-state index >= 15 is 0 Å². The standard InChI is InChI=1S/C32H37ClFN3O5S/c1-3-42-28-17-15-27(16-18-28)37(43(40,41)29-19-13-25(34)14-20-29)22-31(38)36(21-24-9-7-8-12-30(24)33)23(2)32(39)35-26-10-5-4-6-11-26/h7-9,12-20,23,26H,3-6,10-11,21-22H2,1-2H3,(H,35,39). The number of ether oxygens (including phenoxy) is 1. The van der Waals surface area contributed by atoms with Crippen LogP contribution in [0.2, 0.25) is 5.02 Å². The third kappa shape index (κ3) is 8.26. The summed E-state index contributed by atoms with van der Waals surface area (Å²) in [5.41, 5.74) is 0.821. The van der Waals surface area contributed by atoms with E-state index in [1.54, 1.807) is 43.3 Å². The van der Waals surface area contributed by atoms with Crippen LogP contribution in [0.1, 0.15) is 51.5 Å². The third-order valence-corrected chi connectivity index (χ3v) is 9.69. The monoisotopic (exact) mass is 629 g/mol. The van der Waals surface area contributed by atoms with E-state index in [1.807, 2.05) is 6.92 Å². The largest absolute Gasteiger partial charge is 0.494 e. The summed E-state index contributed by atoms with van der Waals surface area (Å²) in [6, 6.07) is 16.8. The van der Waals surface area contributed by atoms with Crippen molar-refractivity contribution in [2.75, 3.05) is 17.5 Å². The van der Waals surface area contributed by atoms with Gasteiger partial charge in [0.1, 0.15) is 24.2 Å². The van der Waals surface area contributed by atoms with E-state index in [0.717, 1.165) is 60.7 Å². The number of rotatable bonds is 12. The Labute approximate surface area is 257 Å². The predicted molar refractivity (Wildman–Crippen MR) is 165 cm³/mol. The molecule has 1 aliphatic rings. The van der Waals surface area contributed by atoms with Crippen molar-refractivity contribution in [1.82, 2.24) is 10.2 Å². The Balaban J connectivity index is 1.68. The van der Waals surface area contributed by atoms with Crippen molar-refractivity contribution in [2.45, 2.75) is 69.5 Å². The van der Waals surface area contributed by atoms with Crippen LogP contribution >= 0.6 is 11.6 Å². The van der Waals surface area contributed by atoms with E-state index in [2.05, 4.69) is 5.32 Å². The van der Waals surface area contributed by atoms with Gasteiger partial charge in [0.05, 0.1) is 17.2 Å². The molecule has 1 saturated carbocycles. The van der Waals surface area contributed by atoms with Crippen LogP contribution in [0.25, 0.3) is 0 Å². The first-order valence-corrected chi connectivity index (χ1v) is 16.3. The summed E-state index contributed by atoms with van der Waals surface area (Å²) in [5.74, 6) is -0.983. The van der Waals surface area contributed by atoms with Crippen LogP contribution in [0.15, 0.2) is 77.7 Å². The highest BCUT2D eigenvalue weighted by molar-refractivity contribution is 7.92. The zero-order chi connectivity index (χ0) is 31.0. The van der Waals surface area contributed by atoms with E-state index < -0.39 is 34.3 Å². The molecular weight excluding hydrogens is 593 g/mol. The van der Waals surface area contributed by atoms with Gasteiger partial charge in [0, 0.05) is 17.6 Å². The lowest BCUT2D eigenvalue weighted by molar-refractivity contribution is -0.139. The van der Waals surface area contributed by atoms with E-state index in [4.69, 9.17) is 16.3 Å². The lowest BCUT2D eigenvalue weighted by Crippen LogP contribution is -2.53. The Morgan fingerprint density at radius 3 is 2.28 bits per heavy atom. The summed E-state index contributed by atoms with van der Waals surface area (Å²) in [5, 5.41) is 3.49. The molecule has 0 spiro atoms. The van der Waals surface area contributed by atoms with E-state index in [9.17, 15) is 22.4 Å². The maximum absolute atomic E-state index is 14.1. The molecule has 0 heterocycles. The van der Waals surface area contributed by atoms with Gasteiger partial charge in [0.2, 0.25) is 11.8 Å². The molecule has 11 heteroatoms. The first kappa shape index (κ1) is 32.3. The van der Waals surface area contributed by atoms with Crippen LogP contribution in [0, 0.1) is 5.82 Å². The molecule has 0 saturated heterocycles. The number of benzene rings is 3. The Morgan fingerprint density at radius 1 is 1.00 bits per heavy atom. The Bertz CT molecular complexity index is 1500. The van der Waals surface area contributed by atoms with Gasteiger partial charge in [-0.15, -0.1) is 0 Å². The number of carbonyl (C=O) groups excluding carboxylic acids is 2. The van der Waals surface area contributed by atoms with Crippen molar-refractivity contribution in [3.8, 4) is 5.75 Å². The number of hydrogen-bond donors (Lipinski definition) is 1. The molecule has 8 nitrogen and oxygen atoms in total. The fourth-order valence-corrected chi connectivity index (χ4v) is 6.71. The molecular formula is C32H37ClFN3O5S. The van der Waals surface area contributed by atoms with Gasteiger partial charge in [0.25, 0.3) is 10.0 Å². The number of halogens is 2. The van der Waals surface area contributed by atoms with Gasteiger partial charge in [-0.25, -0.2) is 12.8 Å². The molecule has 3 aromatic rings. The van der Waals surface area contributed by atoms with Crippen molar-refractivity contribution in [3.05, 3.63) is 89.2 Å². The third-order valence-electron chi connectivity index (χ3n) is 7.53. The van der Waals surface area contributed by atoms with Gasteiger partial charge in [-0.05, 0) is 86.8 Å². The minimum atomic E-state index is -4.32. The van der Waals surface area contributed by atoms with Gasteiger partial charge >= 0.3 is 0 Å². The molecule has 43 heavy (non-hydrogen) atoms. The molecule has 1 fully saturated rings. The lowest BCUT2D eigenvalue weighted by atomic mass is 9.95. The van der Waals surface area contributed by atoms with E-state index in [1.165, 1.54) is 17.0 Å². The van der Waals surface area contributed by atoms with Gasteiger partial charge in [-0.1, -0.05) is 49.1 Å². The lowest BCUT2D eigenvalue weighted by Gasteiger charge is -2.33. The van der Waals surface area contributed by atoms with Crippen LogP contribution in [0.4, 0.5) is 10.1 Å². The molecule has 1 aliphatic carbocycles. The minimum Gasteiger partial charge on any atom is -0.494 e. The predicted octanol–water partition coefficient (Wildman–Crippen LogP) is 5.94. The normalized spacial score (nSPS) is 14.5. The fourth-order valence-electron chi connectivity index (χ4n) is 5.10. The SMILES string of the molecule is CCOc1ccc(N(CC(=O)N(Cc2ccccc2Cl)C(C)C(=O)NC2CCCCC2)S(=O)(=O)c2ccc(F)cc2)cc1. The van der Waals surface area contributed by atoms with E-state index in [0.29, 0.717) is 22.9 Å². The summed E-state index contributed by atoms with van der Waals surface area (Å²) in [6.07, 6.45) is 4.93.